The van der Waals surface area contributed by atoms with Gasteiger partial charge in [-0.1, -0.05) is 0 Å². The number of hydrogen-bond donors (Lipinski definition) is 0. The van der Waals surface area contributed by atoms with Gasteiger partial charge in [-0.15, -0.1) is 0 Å². The highest BCUT2D eigenvalue weighted by atomic mass is 35.5. The van der Waals surface area contributed by atoms with E-state index in [1.54, 1.807) is 0 Å². The van der Waals surface area contributed by atoms with Gasteiger partial charge in [-0.25, -0.2) is 4.68 Å². The average Bonchev–Trinajstić information content (AvgIpc) is 2.33. The van der Waals surface area contributed by atoms with E-state index in [4.69, 9.17) is 11.6 Å². The lowest BCUT2D eigenvalue weighted by Crippen LogP contribution is -2.00. The van der Waals surface area contributed by atoms with Crippen LogP contribution in [-0.2, 0) is 0 Å². The molecule has 1 aromatic rings. The van der Waals surface area contributed by atoms with Crippen molar-refractivity contribution in [1.29, 1.82) is 0 Å². The summed E-state index contributed by atoms with van der Waals surface area (Å²) in [6.45, 7) is -2.74. The van der Waals surface area contributed by atoms with Gasteiger partial charge in [0.1, 0.15) is 5.69 Å². The van der Waals surface area contributed by atoms with Gasteiger partial charge >= 0.3 is 6.55 Å². The summed E-state index contributed by atoms with van der Waals surface area (Å²) in [5.41, 5.74) is -0.174. The minimum Gasteiger partial charge on any atom is -0.274 e. The van der Waals surface area contributed by atoms with Crippen LogP contribution in [0, 0.1) is 0 Å². The Morgan fingerprint density at radius 3 is 2.64 bits per heavy atom. The molecule has 1 rings (SSSR count). The van der Waals surface area contributed by atoms with Crippen LogP contribution in [0.1, 0.15) is 17.0 Å². The second-order valence-electron chi connectivity index (χ2n) is 1.73. The fourth-order valence-electron chi connectivity index (χ4n) is 0.552. The number of aromatic nitrogens is 2. The monoisotopic (exact) mass is 180 g/mol. The zero-order valence-corrected chi connectivity index (χ0v) is 5.92. The van der Waals surface area contributed by atoms with E-state index < -0.39 is 11.8 Å². The summed E-state index contributed by atoms with van der Waals surface area (Å²) in [6.07, 6.45) is 0.986. The van der Waals surface area contributed by atoms with Crippen LogP contribution in [-0.4, -0.2) is 15.0 Å². The molecule has 0 aliphatic rings. The molecule has 0 aliphatic heterocycles. The van der Waals surface area contributed by atoms with Crippen LogP contribution < -0.4 is 0 Å². The highest BCUT2D eigenvalue weighted by molar-refractivity contribution is 6.67. The summed E-state index contributed by atoms with van der Waals surface area (Å²) in [6, 6.07) is 1.13. The molecule has 0 atom stereocenters. The van der Waals surface area contributed by atoms with Gasteiger partial charge in [0.05, 0.1) is 0 Å². The van der Waals surface area contributed by atoms with Crippen molar-refractivity contribution in [3.8, 4) is 0 Å². The Bertz CT molecular complexity index is 273. The first-order chi connectivity index (χ1) is 5.11. The Hall–Kier alpha value is -0.970. The molecular weight excluding hydrogens is 178 g/mol. The predicted octanol–water partition coefficient (Wildman–Crippen LogP) is 1.66. The van der Waals surface area contributed by atoms with E-state index in [-0.39, 0.29) is 5.69 Å². The molecule has 0 bridgehead atoms. The van der Waals surface area contributed by atoms with Crippen molar-refractivity contribution in [3.63, 3.8) is 0 Å². The first kappa shape index (κ1) is 8.13. The third kappa shape index (κ3) is 1.74. The maximum absolute atomic E-state index is 11.8. The predicted molar refractivity (Wildman–Crippen MR) is 33.7 cm³/mol. The van der Waals surface area contributed by atoms with Crippen molar-refractivity contribution in [2.75, 3.05) is 0 Å². The van der Waals surface area contributed by atoms with Gasteiger partial charge in [0.25, 0.3) is 5.24 Å². The average molecular weight is 181 g/mol. The molecule has 0 unspecified atom stereocenters. The van der Waals surface area contributed by atoms with E-state index in [2.05, 4.69) is 5.10 Å². The van der Waals surface area contributed by atoms with Gasteiger partial charge < -0.3 is 0 Å². The molecule has 0 aromatic carbocycles. The van der Waals surface area contributed by atoms with Crippen molar-refractivity contribution < 1.29 is 13.6 Å². The summed E-state index contributed by atoms with van der Waals surface area (Å²) in [4.78, 5) is 10.3. The Morgan fingerprint density at radius 2 is 2.36 bits per heavy atom. The molecule has 3 nitrogen and oxygen atoms in total. The fourth-order valence-corrected chi connectivity index (χ4v) is 0.652. The molecular formula is C5H3ClF2N2O. The summed E-state index contributed by atoms with van der Waals surface area (Å²) in [5, 5.41) is 2.35. The molecule has 60 valence electrons. The molecule has 6 heteroatoms. The summed E-state index contributed by atoms with van der Waals surface area (Å²) in [5.74, 6) is 0. The standard InChI is InChI=1S/C5H3ClF2N2O/c6-4(11)3-1-2-10(9-3)5(7)8/h1-2,5H. The fraction of sp³-hybridized carbons (Fsp3) is 0.200. The molecule has 0 spiro atoms. The van der Waals surface area contributed by atoms with Crippen molar-refractivity contribution >= 4 is 16.8 Å². The van der Waals surface area contributed by atoms with Gasteiger partial charge in [0.15, 0.2) is 0 Å². The molecule has 0 amide bonds. The SMILES string of the molecule is O=C(Cl)c1ccn(C(F)F)n1. The number of alkyl halides is 2. The summed E-state index contributed by atoms with van der Waals surface area (Å²) >= 11 is 4.96. The van der Waals surface area contributed by atoms with Crippen LogP contribution in [0.25, 0.3) is 0 Å². The van der Waals surface area contributed by atoms with Crippen LogP contribution in [0.5, 0.6) is 0 Å². The molecule has 1 aromatic heterocycles. The number of nitrogens with zero attached hydrogens (tertiary/aromatic N) is 2. The van der Waals surface area contributed by atoms with Crippen molar-refractivity contribution in [3.05, 3.63) is 18.0 Å². The molecule has 0 N–H and O–H groups in total. The lowest BCUT2D eigenvalue weighted by Gasteiger charge is -1.94. The van der Waals surface area contributed by atoms with Crippen LogP contribution in [0.2, 0.25) is 0 Å². The van der Waals surface area contributed by atoms with Crippen LogP contribution >= 0.6 is 11.6 Å². The van der Waals surface area contributed by atoms with Crippen LogP contribution in [0.3, 0.4) is 0 Å². The van der Waals surface area contributed by atoms with Gasteiger partial charge in [-0.05, 0) is 17.7 Å². The minimum atomic E-state index is -2.74. The Morgan fingerprint density at radius 1 is 1.73 bits per heavy atom. The van der Waals surface area contributed by atoms with E-state index >= 15 is 0 Å². The maximum Gasteiger partial charge on any atom is 0.333 e. The Labute approximate surface area is 65.6 Å². The van der Waals surface area contributed by atoms with Crippen LogP contribution in [0.15, 0.2) is 12.3 Å². The zero-order chi connectivity index (χ0) is 8.43. The number of rotatable bonds is 2. The second kappa shape index (κ2) is 2.96. The van der Waals surface area contributed by atoms with Crippen molar-refractivity contribution in [2.45, 2.75) is 6.55 Å². The van der Waals surface area contributed by atoms with Crippen molar-refractivity contribution in [2.24, 2.45) is 0 Å². The molecule has 11 heavy (non-hydrogen) atoms. The third-order valence-corrected chi connectivity index (χ3v) is 1.20. The number of halogens is 3. The molecule has 1 heterocycles. The summed E-state index contributed by atoms with van der Waals surface area (Å²) < 4.78 is 23.9. The van der Waals surface area contributed by atoms with Gasteiger partial charge in [0.2, 0.25) is 0 Å². The van der Waals surface area contributed by atoms with Gasteiger partial charge in [-0.3, -0.25) is 4.79 Å². The lowest BCUT2D eigenvalue weighted by atomic mass is 10.5. The minimum absolute atomic E-state index is 0.174. The molecule has 0 aliphatic carbocycles. The smallest absolute Gasteiger partial charge is 0.274 e. The van der Waals surface area contributed by atoms with Gasteiger partial charge in [0, 0.05) is 6.20 Å². The first-order valence-corrected chi connectivity index (χ1v) is 3.02. The number of hydrogen-bond acceptors (Lipinski definition) is 2. The van der Waals surface area contributed by atoms with E-state index in [9.17, 15) is 13.6 Å². The lowest BCUT2D eigenvalue weighted by molar-refractivity contribution is 0.0562. The highest BCUT2D eigenvalue weighted by Gasteiger charge is 2.10. The normalized spacial score (nSPS) is 10.5. The number of carbonyl (C=O) groups excluding carboxylic acids is 1. The Kier molecular flexibility index (Phi) is 2.19. The number of carbonyl (C=O) groups is 1. The molecule has 0 radical (unpaired) electrons. The highest BCUT2D eigenvalue weighted by Crippen LogP contribution is 2.09. The molecule has 0 saturated carbocycles. The first-order valence-electron chi connectivity index (χ1n) is 2.64. The molecule has 0 saturated heterocycles. The maximum atomic E-state index is 11.8. The summed E-state index contributed by atoms with van der Waals surface area (Å²) in [7, 11) is 0. The van der Waals surface area contributed by atoms with E-state index in [0.717, 1.165) is 12.3 Å². The quantitative estimate of drug-likeness (QED) is 0.649. The van der Waals surface area contributed by atoms with E-state index in [1.807, 2.05) is 0 Å². The van der Waals surface area contributed by atoms with E-state index in [1.165, 1.54) is 0 Å². The molecule has 0 fully saturated rings. The largest absolute Gasteiger partial charge is 0.333 e. The third-order valence-electron chi connectivity index (χ3n) is 1.01. The Balaban J connectivity index is 2.90. The van der Waals surface area contributed by atoms with E-state index in [0.29, 0.717) is 4.68 Å². The zero-order valence-electron chi connectivity index (χ0n) is 5.17. The second-order valence-corrected chi connectivity index (χ2v) is 2.08. The van der Waals surface area contributed by atoms with Crippen molar-refractivity contribution in [1.82, 2.24) is 9.78 Å². The van der Waals surface area contributed by atoms with Crippen LogP contribution in [0.4, 0.5) is 8.78 Å². The van der Waals surface area contributed by atoms with Gasteiger partial charge in [-0.2, -0.15) is 13.9 Å². The topological polar surface area (TPSA) is 34.9 Å².